The van der Waals surface area contributed by atoms with Crippen LogP contribution in [0.25, 0.3) is 0 Å². The topological polar surface area (TPSA) is 63.0 Å². The summed E-state index contributed by atoms with van der Waals surface area (Å²) in [5, 5.41) is 3.58. The van der Waals surface area contributed by atoms with Crippen molar-refractivity contribution in [3.8, 4) is 0 Å². The molecular formula is C11H8BrCl2FN4. The van der Waals surface area contributed by atoms with Crippen LogP contribution in [0.4, 0.5) is 21.7 Å². The molecule has 0 saturated heterocycles. The highest BCUT2D eigenvalue weighted by Gasteiger charge is 2.10. The van der Waals surface area contributed by atoms with E-state index in [0.29, 0.717) is 26.0 Å². The second-order valence-electron chi connectivity index (χ2n) is 3.54. The van der Waals surface area contributed by atoms with Crippen molar-refractivity contribution in [3.63, 3.8) is 0 Å². The lowest BCUT2D eigenvalue weighted by Gasteiger charge is -2.11. The van der Waals surface area contributed by atoms with E-state index >= 15 is 0 Å². The van der Waals surface area contributed by atoms with E-state index in [1.807, 2.05) is 0 Å². The number of nitrogens with two attached hydrogens (primary N) is 1. The molecule has 0 aliphatic carbocycles. The minimum absolute atomic E-state index is 0.284. The maximum atomic E-state index is 13.0. The molecule has 100 valence electrons. The zero-order valence-electron chi connectivity index (χ0n) is 9.35. The first kappa shape index (κ1) is 14.3. The third kappa shape index (κ3) is 3.27. The summed E-state index contributed by atoms with van der Waals surface area (Å²) in [5.41, 5.74) is 2.97. The number of hydrazine groups is 1. The summed E-state index contributed by atoms with van der Waals surface area (Å²) < 4.78 is 13.5. The summed E-state index contributed by atoms with van der Waals surface area (Å²) >= 11 is 15.1. The molecule has 0 unspecified atom stereocenters. The van der Waals surface area contributed by atoms with Gasteiger partial charge < -0.3 is 10.7 Å². The summed E-state index contributed by atoms with van der Waals surface area (Å²) in [6.07, 6.45) is 0. The van der Waals surface area contributed by atoms with Crippen molar-refractivity contribution in [2.75, 3.05) is 10.7 Å². The van der Waals surface area contributed by atoms with E-state index in [4.69, 9.17) is 29.0 Å². The Morgan fingerprint density at radius 1 is 1.16 bits per heavy atom. The fourth-order valence-corrected chi connectivity index (χ4v) is 2.28. The molecular weight excluding hydrogens is 358 g/mol. The van der Waals surface area contributed by atoms with Gasteiger partial charge in [-0.05, 0) is 40.2 Å². The van der Waals surface area contributed by atoms with E-state index in [9.17, 15) is 4.39 Å². The number of aromatic nitrogens is 1. The van der Waals surface area contributed by atoms with Crippen molar-refractivity contribution in [2.45, 2.75) is 0 Å². The predicted octanol–water partition coefficient (Wildman–Crippen LogP) is 4.32. The van der Waals surface area contributed by atoms with Crippen LogP contribution in [-0.2, 0) is 0 Å². The fourth-order valence-electron chi connectivity index (χ4n) is 1.37. The van der Waals surface area contributed by atoms with Crippen molar-refractivity contribution < 1.29 is 4.39 Å². The van der Waals surface area contributed by atoms with E-state index in [1.54, 1.807) is 6.07 Å². The summed E-state index contributed by atoms with van der Waals surface area (Å²) in [6.45, 7) is 0. The highest BCUT2D eigenvalue weighted by Crippen LogP contribution is 2.32. The van der Waals surface area contributed by atoms with Crippen LogP contribution in [0.2, 0.25) is 10.0 Å². The first-order valence-corrected chi connectivity index (χ1v) is 6.61. The SMILES string of the molecule is NNc1nc(Nc2ccc(F)cc2Br)c(Cl)cc1Cl. The van der Waals surface area contributed by atoms with Gasteiger partial charge >= 0.3 is 0 Å². The van der Waals surface area contributed by atoms with Gasteiger partial charge in [-0.1, -0.05) is 23.2 Å². The second kappa shape index (κ2) is 5.92. The maximum Gasteiger partial charge on any atom is 0.161 e. The van der Waals surface area contributed by atoms with E-state index in [-0.39, 0.29) is 11.6 Å². The number of nitrogens with one attached hydrogen (secondary N) is 2. The number of rotatable bonds is 3. The molecule has 0 amide bonds. The van der Waals surface area contributed by atoms with E-state index in [2.05, 4.69) is 31.7 Å². The highest BCUT2D eigenvalue weighted by atomic mass is 79.9. The average Bonchev–Trinajstić information content (AvgIpc) is 2.35. The van der Waals surface area contributed by atoms with Crippen LogP contribution in [0.1, 0.15) is 0 Å². The second-order valence-corrected chi connectivity index (χ2v) is 5.21. The molecule has 1 aromatic carbocycles. The molecule has 0 aliphatic rings. The third-order valence-corrected chi connectivity index (χ3v) is 3.48. The minimum Gasteiger partial charge on any atom is -0.338 e. The Balaban J connectivity index is 2.37. The predicted molar refractivity (Wildman–Crippen MR) is 79.4 cm³/mol. The molecule has 0 saturated carbocycles. The molecule has 0 atom stereocenters. The number of hydrogen-bond acceptors (Lipinski definition) is 4. The van der Waals surface area contributed by atoms with Gasteiger partial charge in [-0.3, -0.25) is 0 Å². The van der Waals surface area contributed by atoms with Crippen molar-refractivity contribution in [3.05, 3.63) is 44.6 Å². The molecule has 1 aromatic heterocycles. The fraction of sp³-hybridized carbons (Fsp3) is 0. The Morgan fingerprint density at radius 3 is 2.47 bits per heavy atom. The number of nitrogens with zero attached hydrogens (tertiary/aromatic N) is 1. The van der Waals surface area contributed by atoms with Gasteiger partial charge in [0.15, 0.2) is 11.6 Å². The quantitative estimate of drug-likeness (QED) is 0.560. The molecule has 2 rings (SSSR count). The Morgan fingerprint density at radius 2 is 1.84 bits per heavy atom. The summed E-state index contributed by atoms with van der Waals surface area (Å²) in [4.78, 5) is 4.12. The lowest BCUT2D eigenvalue weighted by Crippen LogP contribution is -2.10. The number of benzene rings is 1. The first-order valence-electron chi connectivity index (χ1n) is 5.06. The molecule has 19 heavy (non-hydrogen) atoms. The standard InChI is InChI=1S/C11H8BrCl2FN4/c12-6-3-5(15)1-2-9(6)17-10-7(13)4-8(14)11(18-10)19-16/h1-4H,16H2,(H2,17,18,19). The van der Waals surface area contributed by atoms with Gasteiger partial charge in [0.1, 0.15) is 5.82 Å². The molecule has 2 aromatic rings. The summed E-state index contributed by atoms with van der Waals surface area (Å²) in [7, 11) is 0. The third-order valence-electron chi connectivity index (χ3n) is 2.25. The number of pyridine rings is 1. The number of nitrogen functional groups attached to an aromatic ring is 1. The minimum atomic E-state index is -0.350. The van der Waals surface area contributed by atoms with Crippen molar-refractivity contribution in [1.82, 2.24) is 4.98 Å². The Bertz CT molecular complexity index is 624. The lowest BCUT2D eigenvalue weighted by atomic mass is 10.3. The first-order chi connectivity index (χ1) is 9.01. The Kier molecular flexibility index (Phi) is 4.46. The van der Waals surface area contributed by atoms with Crippen molar-refractivity contribution in [1.29, 1.82) is 0 Å². The summed E-state index contributed by atoms with van der Waals surface area (Å²) in [6, 6.07) is 5.71. The summed E-state index contributed by atoms with van der Waals surface area (Å²) in [5.74, 6) is 5.57. The molecule has 0 radical (unpaired) electrons. The van der Waals surface area contributed by atoms with Crippen LogP contribution in [0.3, 0.4) is 0 Å². The van der Waals surface area contributed by atoms with Gasteiger partial charge in [-0.2, -0.15) is 0 Å². The van der Waals surface area contributed by atoms with Crippen LogP contribution in [-0.4, -0.2) is 4.98 Å². The molecule has 1 heterocycles. The zero-order valence-corrected chi connectivity index (χ0v) is 12.4. The maximum absolute atomic E-state index is 13.0. The molecule has 0 aliphatic heterocycles. The molecule has 0 fully saturated rings. The van der Waals surface area contributed by atoms with E-state index in [0.717, 1.165) is 0 Å². The molecule has 4 nitrogen and oxygen atoms in total. The van der Waals surface area contributed by atoms with E-state index in [1.165, 1.54) is 18.2 Å². The van der Waals surface area contributed by atoms with Gasteiger partial charge in [-0.15, -0.1) is 0 Å². The molecule has 8 heteroatoms. The average molecular weight is 366 g/mol. The van der Waals surface area contributed by atoms with Crippen LogP contribution < -0.4 is 16.6 Å². The Hall–Kier alpha value is -1.08. The highest BCUT2D eigenvalue weighted by molar-refractivity contribution is 9.10. The van der Waals surface area contributed by atoms with Crippen LogP contribution >= 0.6 is 39.1 Å². The zero-order chi connectivity index (χ0) is 14.0. The van der Waals surface area contributed by atoms with Gasteiger partial charge in [0.25, 0.3) is 0 Å². The van der Waals surface area contributed by atoms with Gasteiger partial charge in [0.05, 0.1) is 15.7 Å². The van der Waals surface area contributed by atoms with Gasteiger partial charge in [0, 0.05) is 4.47 Å². The number of anilines is 3. The van der Waals surface area contributed by atoms with Crippen LogP contribution in [0.5, 0.6) is 0 Å². The largest absolute Gasteiger partial charge is 0.338 e. The van der Waals surface area contributed by atoms with Crippen molar-refractivity contribution in [2.24, 2.45) is 5.84 Å². The normalized spacial score (nSPS) is 10.4. The van der Waals surface area contributed by atoms with Crippen LogP contribution in [0, 0.1) is 5.82 Å². The number of hydrogen-bond donors (Lipinski definition) is 3. The molecule has 0 bridgehead atoms. The van der Waals surface area contributed by atoms with Gasteiger partial charge in [0.2, 0.25) is 0 Å². The lowest BCUT2D eigenvalue weighted by molar-refractivity contribution is 0.627. The smallest absolute Gasteiger partial charge is 0.161 e. The van der Waals surface area contributed by atoms with Crippen LogP contribution in [0.15, 0.2) is 28.7 Å². The van der Waals surface area contributed by atoms with Crippen molar-refractivity contribution >= 4 is 56.5 Å². The number of halogens is 4. The molecule has 0 spiro atoms. The van der Waals surface area contributed by atoms with Gasteiger partial charge in [-0.25, -0.2) is 15.2 Å². The molecule has 4 N–H and O–H groups in total. The Labute approximate surface area is 127 Å². The van der Waals surface area contributed by atoms with E-state index < -0.39 is 0 Å². The monoisotopic (exact) mass is 364 g/mol.